The van der Waals surface area contributed by atoms with E-state index in [4.69, 9.17) is 5.11 Å². The van der Waals surface area contributed by atoms with E-state index in [1.54, 1.807) is 23.9 Å². The highest BCUT2D eigenvalue weighted by molar-refractivity contribution is 7.99. The van der Waals surface area contributed by atoms with Gasteiger partial charge >= 0.3 is 0 Å². The minimum Gasteiger partial charge on any atom is -0.395 e. The van der Waals surface area contributed by atoms with Crippen molar-refractivity contribution in [2.75, 3.05) is 19.0 Å². The van der Waals surface area contributed by atoms with Gasteiger partial charge in [-0.1, -0.05) is 11.8 Å². The first-order chi connectivity index (χ1) is 9.28. The van der Waals surface area contributed by atoms with Gasteiger partial charge in [0.05, 0.1) is 19.2 Å². The van der Waals surface area contributed by atoms with Crippen LogP contribution in [0.5, 0.6) is 0 Å². The molecular weight excluding hydrogens is 267 g/mol. The van der Waals surface area contributed by atoms with Gasteiger partial charge in [0.25, 0.3) is 0 Å². The lowest BCUT2D eigenvalue weighted by Gasteiger charge is -2.26. The lowest BCUT2D eigenvalue weighted by Crippen LogP contribution is -2.32. The summed E-state index contributed by atoms with van der Waals surface area (Å²) < 4.78 is 14.9. The molecule has 0 fully saturated rings. The van der Waals surface area contributed by atoms with Crippen LogP contribution in [0.1, 0.15) is 0 Å². The number of hydrogen-bond acceptors (Lipinski definition) is 5. The van der Waals surface area contributed by atoms with Crippen molar-refractivity contribution in [2.24, 2.45) is 0 Å². The highest BCUT2D eigenvalue weighted by atomic mass is 32.2. The summed E-state index contributed by atoms with van der Waals surface area (Å²) in [6.07, 6.45) is 0. The van der Waals surface area contributed by atoms with Crippen molar-refractivity contribution >= 4 is 11.8 Å². The summed E-state index contributed by atoms with van der Waals surface area (Å²) in [7, 11) is 0. The molecule has 0 radical (unpaired) electrons. The number of nitrogens with zero attached hydrogens (tertiary/aromatic N) is 4. The minimum absolute atomic E-state index is 0.129. The predicted octanol–water partition coefficient (Wildman–Crippen LogP) is 1.40. The molecule has 1 N–H and O–H groups in total. The second kappa shape index (κ2) is 5.28. The third kappa shape index (κ3) is 2.49. The molecule has 0 unspecified atom stereocenters. The van der Waals surface area contributed by atoms with E-state index in [9.17, 15) is 4.39 Å². The topological polar surface area (TPSA) is 54.2 Å². The van der Waals surface area contributed by atoms with E-state index >= 15 is 0 Å². The fourth-order valence-electron chi connectivity index (χ4n) is 2.00. The molecule has 19 heavy (non-hydrogen) atoms. The van der Waals surface area contributed by atoms with Crippen LogP contribution >= 0.6 is 11.8 Å². The normalized spacial score (nSPS) is 15.5. The molecule has 1 aromatic heterocycles. The van der Waals surface area contributed by atoms with Crippen LogP contribution < -0.4 is 0 Å². The second-order valence-electron chi connectivity index (χ2n) is 4.27. The van der Waals surface area contributed by atoms with Crippen molar-refractivity contribution in [3.05, 3.63) is 30.1 Å². The Kier molecular flexibility index (Phi) is 3.50. The lowest BCUT2D eigenvalue weighted by molar-refractivity contribution is 0.178. The van der Waals surface area contributed by atoms with Crippen LogP contribution in [0.25, 0.3) is 11.4 Å². The molecule has 0 bridgehead atoms. The zero-order valence-corrected chi connectivity index (χ0v) is 11.0. The van der Waals surface area contributed by atoms with Crippen LogP contribution in [-0.2, 0) is 6.67 Å². The SMILES string of the molecule is OCCN1CSc2nnc(-c3ccc(F)cc3)n2C1. The predicted molar refractivity (Wildman–Crippen MR) is 69.9 cm³/mol. The number of rotatable bonds is 3. The summed E-state index contributed by atoms with van der Waals surface area (Å²) in [6, 6.07) is 6.22. The number of hydrogen-bond donors (Lipinski definition) is 1. The molecule has 2 aromatic rings. The van der Waals surface area contributed by atoms with E-state index in [2.05, 4.69) is 15.1 Å². The number of aliphatic hydroxyl groups excluding tert-OH is 1. The summed E-state index contributed by atoms with van der Waals surface area (Å²) in [6.45, 7) is 1.39. The summed E-state index contributed by atoms with van der Waals surface area (Å²) >= 11 is 1.59. The Labute approximate surface area is 114 Å². The molecule has 3 rings (SSSR count). The molecule has 5 nitrogen and oxygen atoms in total. The summed E-state index contributed by atoms with van der Waals surface area (Å²) in [5.74, 6) is 1.26. The fourth-order valence-corrected chi connectivity index (χ4v) is 2.91. The van der Waals surface area contributed by atoms with Crippen LogP contribution in [0.4, 0.5) is 4.39 Å². The Bertz CT molecular complexity index is 572. The fraction of sp³-hybridized carbons (Fsp3) is 0.333. The Hall–Kier alpha value is -1.44. The van der Waals surface area contributed by atoms with Crippen molar-refractivity contribution in [3.8, 4) is 11.4 Å². The maximum Gasteiger partial charge on any atom is 0.193 e. The van der Waals surface area contributed by atoms with Crippen molar-refractivity contribution in [2.45, 2.75) is 11.8 Å². The zero-order chi connectivity index (χ0) is 13.2. The van der Waals surface area contributed by atoms with Crippen LogP contribution in [0.15, 0.2) is 29.4 Å². The lowest BCUT2D eigenvalue weighted by atomic mass is 10.2. The van der Waals surface area contributed by atoms with Gasteiger partial charge in [-0.2, -0.15) is 0 Å². The number of β-amino-alcohol motifs (C(OH)–C–C–N with tert-alkyl or cyclic N) is 1. The van der Waals surface area contributed by atoms with Gasteiger partial charge in [-0.05, 0) is 24.3 Å². The quantitative estimate of drug-likeness (QED) is 0.921. The summed E-state index contributed by atoms with van der Waals surface area (Å²) in [4.78, 5) is 2.11. The van der Waals surface area contributed by atoms with Gasteiger partial charge < -0.3 is 5.11 Å². The average Bonchev–Trinajstić information content (AvgIpc) is 2.83. The molecule has 1 aromatic carbocycles. The Balaban J connectivity index is 1.92. The van der Waals surface area contributed by atoms with Crippen molar-refractivity contribution in [3.63, 3.8) is 0 Å². The molecule has 100 valence electrons. The number of benzene rings is 1. The van der Waals surface area contributed by atoms with Gasteiger partial charge in [0, 0.05) is 12.1 Å². The Morgan fingerprint density at radius 1 is 1.26 bits per heavy atom. The third-order valence-corrected chi connectivity index (χ3v) is 4.01. The van der Waals surface area contributed by atoms with Gasteiger partial charge in [-0.15, -0.1) is 10.2 Å². The van der Waals surface area contributed by atoms with Crippen LogP contribution in [-0.4, -0.2) is 43.8 Å². The molecule has 1 aliphatic heterocycles. The van der Waals surface area contributed by atoms with Crippen molar-refractivity contribution < 1.29 is 9.50 Å². The average molecular weight is 280 g/mol. The highest BCUT2D eigenvalue weighted by Crippen LogP contribution is 2.28. The van der Waals surface area contributed by atoms with E-state index in [0.29, 0.717) is 13.2 Å². The van der Waals surface area contributed by atoms with Crippen LogP contribution in [0.3, 0.4) is 0 Å². The molecule has 0 aliphatic carbocycles. The molecule has 0 saturated carbocycles. The first-order valence-corrected chi connectivity index (χ1v) is 6.91. The van der Waals surface area contributed by atoms with Gasteiger partial charge in [0.15, 0.2) is 11.0 Å². The highest BCUT2D eigenvalue weighted by Gasteiger charge is 2.21. The maximum absolute atomic E-state index is 12.9. The summed E-state index contributed by atoms with van der Waals surface area (Å²) in [5.41, 5.74) is 0.839. The van der Waals surface area contributed by atoms with Gasteiger partial charge in [0.2, 0.25) is 0 Å². The van der Waals surface area contributed by atoms with E-state index in [1.165, 1.54) is 12.1 Å². The van der Waals surface area contributed by atoms with E-state index in [0.717, 1.165) is 22.4 Å². The molecule has 0 atom stereocenters. The molecule has 2 heterocycles. The van der Waals surface area contributed by atoms with E-state index in [-0.39, 0.29) is 12.4 Å². The summed E-state index contributed by atoms with van der Waals surface area (Å²) in [5, 5.41) is 18.2. The monoisotopic (exact) mass is 280 g/mol. The molecule has 0 spiro atoms. The van der Waals surface area contributed by atoms with Crippen LogP contribution in [0, 0.1) is 5.82 Å². The van der Waals surface area contributed by atoms with Crippen molar-refractivity contribution in [1.29, 1.82) is 0 Å². The van der Waals surface area contributed by atoms with Gasteiger partial charge in [-0.3, -0.25) is 9.47 Å². The number of fused-ring (bicyclic) bond motifs is 1. The molecule has 7 heteroatoms. The van der Waals surface area contributed by atoms with E-state index in [1.807, 2.05) is 4.57 Å². The first kappa shape index (κ1) is 12.6. The number of thioether (sulfide) groups is 1. The first-order valence-electron chi connectivity index (χ1n) is 5.93. The van der Waals surface area contributed by atoms with Gasteiger partial charge in [0.1, 0.15) is 5.82 Å². The number of aliphatic hydroxyl groups is 1. The molecule has 1 aliphatic rings. The second-order valence-corrected chi connectivity index (χ2v) is 5.19. The smallest absolute Gasteiger partial charge is 0.193 e. The van der Waals surface area contributed by atoms with E-state index < -0.39 is 0 Å². The molecular formula is C12H13FN4OS. The minimum atomic E-state index is -0.265. The van der Waals surface area contributed by atoms with Crippen LogP contribution in [0.2, 0.25) is 0 Å². The largest absolute Gasteiger partial charge is 0.395 e. The molecule has 0 saturated heterocycles. The standard InChI is InChI=1S/C12H13FN4OS/c13-10-3-1-9(2-4-10)11-14-15-12-17(11)7-16(5-6-18)8-19-12/h1-4,18H,5-8H2. The maximum atomic E-state index is 12.9. The number of halogens is 1. The number of aromatic nitrogens is 3. The Morgan fingerprint density at radius 2 is 2.05 bits per heavy atom. The zero-order valence-electron chi connectivity index (χ0n) is 10.2. The van der Waals surface area contributed by atoms with Gasteiger partial charge in [-0.25, -0.2) is 4.39 Å². The third-order valence-electron chi connectivity index (χ3n) is 2.95. The Morgan fingerprint density at radius 3 is 2.79 bits per heavy atom. The van der Waals surface area contributed by atoms with Crippen molar-refractivity contribution in [1.82, 2.24) is 19.7 Å². The molecule has 0 amide bonds.